The number of primary amides is 1. The second kappa shape index (κ2) is 31.6. The molecule has 0 aromatic heterocycles. The van der Waals surface area contributed by atoms with Gasteiger partial charge in [0.25, 0.3) is 11.8 Å². The number of unbranched alkanes of at least 4 members (excludes halogenated alkanes) is 1. The highest BCUT2D eigenvalue weighted by Gasteiger charge is 2.38. The first kappa shape index (κ1) is 64.4. The molecule has 1 heterocycles. The van der Waals surface area contributed by atoms with Crippen LogP contribution in [0.3, 0.4) is 0 Å². The van der Waals surface area contributed by atoms with Crippen molar-refractivity contribution < 1.29 is 63.3 Å². The van der Waals surface area contributed by atoms with Crippen molar-refractivity contribution in [2.75, 3.05) is 25.1 Å². The van der Waals surface area contributed by atoms with E-state index in [9.17, 15) is 53.7 Å². The predicted molar refractivity (Wildman–Crippen MR) is 315 cm³/mol. The number of carbonyl (C=O) groups is 10. The van der Waals surface area contributed by atoms with Gasteiger partial charge in [-0.3, -0.25) is 38.4 Å². The van der Waals surface area contributed by atoms with Crippen molar-refractivity contribution in [3.05, 3.63) is 150 Å². The molecule has 6 rings (SSSR count). The highest BCUT2D eigenvalue weighted by Crippen LogP contribution is 2.24. The van der Waals surface area contributed by atoms with Crippen LogP contribution in [0.2, 0.25) is 0 Å². The minimum atomic E-state index is -1.97. The van der Waals surface area contributed by atoms with Gasteiger partial charge in [0, 0.05) is 43.4 Å². The van der Waals surface area contributed by atoms with Crippen molar-refractivity contribution >= 4 is 91.6 Å². The van der Waals surface area contributed by atoms with Gasteiger partial charge in [0.05, 0.1) is 6.10 Å². The summed E-state index contributed by atoms with van der Waals surface area (Å²) < 4.78 is 0. The van der Waals surface area contributed by atoms with Crippen LogP contribution in [-0.2, 0) is 57.6 Å². The molecule has 0 aliphatic carbocycles. The number of carbonyl (C=O) groups excluding carboxylic acids is 9. The average molecular weight is 1190 g/mol. The van der Waals surface area contributed by atoms with Crippen molar-refractivity contribution in [3.8, 4) is 5.75 Å². The summed E-state index contributed by atoms with van der Waals surface area (Å²) in [6, 6.07) is 22.2. The van der Waals surface area contributed by atoms with Gasteiger partial charge in [-0.05, 0) is 84.5 Å². The molecule has 1 aliphatic rings. The monoisotopic (exact) mass is 1190 g/mol. The van der Waals surface area contributed by atoms with Crippen molar-refractivity contribution in [1.82, 2.24) is 47.4 Å². The molecular formula is C58H69N11O13S2. The maximum atomic E-state index is 15.1. The van der Waals surface area contributed by atoms with E-state index < -0.39 is 114 Å². The quantitative estimate of drug-likeness (QED) is 0.0507. The number of carboxylic acid groups (broad SMARTS) is 1. The number of fused-ring (bicyclic) bond motifs is 1. The van der Waals surface area contributed by atoms with Crippen LogP contribution in [0.25, 0.3) is 10.8 Å². The van der Waals surface area contributed by atoms with Crippen LogP contribution >= 0.6 is 21.6 Å². The highest BCUT2D eigenvalue weighted by atomic mass is 33.1. The number of nitrogens with one attached hydrogen (secondary N) is 8. The number of nitrogens with two attached hydrogens (primary N) is 2. The number of aliphatic hydroxyl groups is 1. The third-order valence-electron chi connectivity index (χ3n) is 13.5. The van der Waals surface area contributed by atoms with E-state index in [-0.39, 0.29) is 61.5 Å². The third-order valence-corrected chi connectivity index (χ3v) is 15.9. The van der Waals surface area contributed by atoms with E-state index in [2.05, 4.69) is 42.5 Å². The zero-order chi connectivity index (χ0) is 60.9. The lowest BCUT2D eigenvalue weighted by atomic mass is 10.0. The number of likely N-dealkylation sites (N-methyl/N-ethyl adjacent to an activating group) is 1. The summed E-state index contributed by atoms with van der Waals surface area (Å²) >= 11 is 0. The van der Waals surface area contributed by atoms with E-state index in [0.717, 1.165) is 31.9 Å². The van der Waals surface area contributed by atoms with Crippen molar-refractivity contribution in [2.45, 2.75) is 100 Å². The summed E-state index contributed by atoms with van der Waals surface area (Å²) in [6.45, 7) is 1.36. The fourth-order valence-electron chi connectivity index (χ4n) is 8.92. The Labute approximate surface area is 492 Å². The number of urea groups is 1. The lowest BCUT2D eigenvalue weighted by Crippen LogP contribution is -2.64. The van der Waals surface area contributed by atoms with Gasteiger partial charge in [-0.15, -0.1) is 0 Å². The number of phenolic OH excluding ortho intramolecular Hbond substituents is 1. The fourth-order valence-corrected chi connectivity index (χ4v) is 11.2. The largest absolute Gasteiger partial charge is 0.508 e. The second-order valence-corrected chi connectivity index (χ2v) is 22.5. The van der Waals surface area contributed by atoms with Crippen LogP contribution in [0.5, 0.6) is 5.75 Å². The molecular weight excluding hydrogens is 1120 g/mol. The third kappa shape index (κ3) is 19.2. The number of rotatable bonds is 15. The van der Waals surface area contributed by atoms with Crippen molar-refractivity contribution in [3.63, 3.8) is 0 Å². The number of nitrogens with zero attached hydrogens (tertiary/aromatic N) is 1. The lowest BCUT2D eigenvalue weighted by molar-refractivity contribution is -0.141. The van der Waals surface area contributed by atoms with Crippen molar-refractivity contribution in [2.24, 2.45) is 11.5 Å². The van der Waals surface area contributed by atoms with Crippen LogP contribution in [0.15, 0.2) is 127 Å². The maximum Gasteiger partial charge on any atom is 0.327 e. The standard InChI is InChI=1S/C58H69N11O13S2/c1-33(70)47-54(77)64-43(28-35-15-7-4-8-16-35)51(74)65-46(57(80)81)32-84-83-31-45(66-58(60)82)53(76)63-42(27-34-13-5-3-6-14-34)50(73)62-44(29-36-20-24-40(71)25-21-36)52(75)68-48(55(78)61-41(49(72)67-47)19-11-12-26-59)69(2)56(79)39-23-22-37-17-9-10-18-38(37)30-39/h3-10,13-18,20-25,30,33,41-48,70-71H,11-12,19,26-29,31-32,59H2,1-2H3,(H,61,78)(H,62,73)(H,63,76)(H,64,77)(H,65,74)(H,67,72)(H,68,75)(H,80,81)(H3,60,66,82)/t33-,41+,42+,43+,44+,45-,46+,47+,48-/m1/s1. The predicted octanol–water partition coefficient (Wildman–Crippen LogP) is 0.723. The maximum absolute atomic E-state index is 15.1. The molecule has 9 atom stereocenters. The van der Waals surface area contributed by atoms with Crippen LogP contribution < -0.4 is 54.0 Å². The van der Waals surface area contributed by atoms with E-state index in [1.165, 1.54) is 44.3 Å². The van der Waals surface area contributed by atoms with Crippen molar-refractivity contribution in [1.29, 1.82) is 0 Å². The van der Waals surface area contributed by atoms with Gasteiger partial charge in [-0.2, -0.15) is 0 Å². The molecule has 15 N–H and O–H groups in total. The van der Waals surface area contributed by atoms with Gasteiger partial charge in [0.15, 0.2) is 6.17 Å². The smallest absolute Gasteiger partial charge is 0.327 e. The fraction of sp³-hybridized carbons (Fsp3) is 0.345. The Bertz CT molecular complexity index is 3130. The molecule has 0 spiro atoms. The minimum absolute atomic E-state index is 0.0876. The van der Waals surface area contributed by atoms with Gasteiger partial charge in [0.1, 0.15) is 48.0 Å². The number of aliphatic carboxylic acids is 1. The number of hydrogen-bond donors (Lipinski definition) is 13. The Hall–Kier alpha value is -8.72. The first-order chi connectivity index (χ1) is 40.2. The molecule has 0 unspecified atom stereocenters. The SMILES string of the molecule is C[C@@H](O)[C@@H]1NC(=O)[C@H](CCCCN)NC(=O)[C@@H](N(C)C(=O)c2ccc3ccccc3c2)NC(=O)[C@H](Cc2ccc(O)cc2)NC(=O)[C@H](Cc2ccccc2)NC(=O)[C@H](NC(N)=O)CSSC[C@@H](C(=O)O)NC(=O)[C@H](Cc2ccccc2)NC1=O. The zero-order valence-corrected chi connectivity index (χ0v) is 47.7. The molecule has 24 nitrogen and oxygen atoms in total. The average Bonchev–Trinajstić information content (AvgIpc) is 3.43. The number of benzene rings is 5. The Balaban J connectivity index is 1.46. The molecule has 1 aliphatic heterocycles. The molecule has 5 aromatic rings. The number of amides is 10. The summed E-state index contributed by atoms with van der Waals surface area (Å²) in [7, 11) is 3.03. The summed E-state index contributed by atoms with van der Waals surface area (Å²) in [4.78, 5) is 143. The Kier molecular flexibility index (Phi) is 24.3. The summed E-state index contributed by atoms with van der Waals surface area (Å²) in [6.07, 6.45) is -3.89. The molecule has 0 radical (unpaired) electrons. The second-order valence-electron chi connectivity index (χ2n) is 19.9. The summed E-state index contributed by atoms with van der Waals surface area (Å²) in [5.74, 6) is -10.1. The summed E-state index contributed by atoms with van der Waals surface area (Å²) in [5, 5.41) is 53.3. The molecule has 10 amide bonds. The normalized spacial score (nSPS) is 22.3. The first-order valence-corrected chi connectivity index (χ1v) is 29.4. The van der Waals surface area contributed by atoms with E-state index in [1.807, 2.05) is 12.1 Å². The van der Waals surface area contributed by atoms with E-state index in [0.29, 0.717) is 28.5 Å². The molecule has 5 aromatic carbocycles. The van der Waals surface area contributed by atoms with Gasteiger partial charge < -0.3 is 74.2 Å². The number of hydrogen-bond acceptors (Lipinski definition) is 15. The van der Waals surface area contributed by atoms with Gasteiger partial charge >= 0.3 is 12.0 Å². The molecule has 1 fully saturated rings. The lowest BCUT2D eigenvalue weighted by Gasteiger charge is -2.32. The summed E-state index contributed by atoms with van der Waals surface area (Å²) in [5.41, 5.74) is 12.9. The van der Waals surface area contributed by atoms with Crippen LogP contribution in [0, 0.1) is 0 Å². The van der Waals surface area contributed by atoms with Gasteiger partial charge in [-0.25, -0.2) is 9.59 Å². The zero-order valence-electron chi connectivity index (χ0n) is 46.0. The number of aliphatic hydroxyl groups excluding tert-OH is 1. The van der Waals surface area contributed by atoms with E-state index in [4.69, 9.17) is 11.5 Å². The Morgan fingerprint density at radius 1 is 0.595 bits per heavy atom. The molecule has 84 heavy (non-hydrogen) atoms. The van der Waals surface area contributed by atoms with Gasteiger partial charge in [-0.1, -0.05) is 125 Å². The van der Waals surface area contributed by atoms with Crippen LogP contribution in [-0.4, -0.2) is 159 Å². The van der Waals surface area contributed by atoms with Gasteiger partial charge in [0.2, 0.25) is 35.4 Å². The van der Waals surface area contributed by atoms with E-state index >= 15 is 9.59 Å². The first-order valence-electron chi connectivity index (χ1n) is 26.9. The highest BCUT2D eigenvalue weighted by molar-refractivity contribution is 8.76. The van der Waals surface area contributed by atoms with Crippen LogP contribution in [0.1, 0.15) is 53.2 Å². The number of phenols is 1. The number of carboxylic acids is 1. The minimum Gasteiger partial charge on any atom is -0.508 e. The Morgan fingerprint density at radius 3 is 1.67 bits per heavy atom. The number of aromatic hydroxyl groups is 1. The molecule has 1 saturated heterocycles. The molecule has 446 valence electrons. The van der Waals surface area contributed by atoms with Crippen LogP contribution in [0.4, 0.5) is 4.79 Å². The molecule has 0 bridgehead atoms. The van der Waals surface area contributed by atoms with E-state index in [1.54, 1.807) is 84.9 Å². The molecule has 26 heteroatoms. The molecule has 0 saturated carbocycles. The Morgan fingerprint density at radius 2 is 1.10 bits per heavy atom. The topological polar surface area (TPSA) is 383 Å².